The summed E-state index contributed by atoms with van der Waals surface area (Å²) in [5.41, 5.74) is 0.372. The van der Waals surface area contributed by atoms with Crippen molar-refractivity contribution in [1.82, 2.24) is 9.59 Å². The highest BCUT2D eigenvalue weighted by Crippen LogP contribution is 2.32. The first-order valence-corrected chi connectivity index (χ1v) is 5.86. The number of halogens is 3. The van der Waals surface area contributed by atoms with Crippen LogP contribution in [0.1, 0.15) is 28.5 Å². The van der Waals surface area contributed by atoms with Gasteiger partial charge in [0.2, 0.25) is 0 Å². The van der Waals surface area contributed by atoms with Crippen molar-refractivity contribution in [2.45, 2.75) is 19.2 Å². The van der Waals surface area contributed by atoms with Crippen LogP contribution in [0.4, 0.5) is 13.2 Å². The normalized spacial score (nSPS) is 13.6. The first-order chi connectivity index (χ1) is 8.39. The quantitative estimate of drug-likeness (QED) is 0.915. The zero-order chi connectivity index (χ0) is 13.3. The minimum absolute atomic E-state index is 0.336. The second-order valence-electron chi connectivity index (χ2n) is 3.80. The highest BCUT2D eigenvalue weighted by atomic mass is 32.1. The van der Waals surface area contributed by atoms with Crippen LogP contribution < -0.4 is 0 Å². The fraction of sp³-hybridized carbons (Fsp3) is 0.273. The van der Waals surface area contributed by atoms with Crippen LogP contribution in [-0.2, 0) is 6.18 Å². The van der Waals surface area contributed by atoms with Crippen LogP contribution in [0.5, 0.6) is 0 Å². The van der Waals surface area contributed by atoms with Crippen molar-refractivity contribution in [3.05, 3.63) is 46.0 Å². The maximum Gasteiger partial charge on any atom is 0.416 e. The van der Waals surface area contributed by atoms with Crippen LogP contribution in [0.15, 0.2) is 23.6 Å². The molecule has 0 spiro atoms. The molecule has 0 aliphatic rings. The van der Waals surface area contributed by atoms with E-state index in [0.717, 1.165) is 23.7 Å². The maximum atomic E-state index is 12.5. The fourth-order valence-corrected chi connectivity index (χ4v) is 2.08. The van der Waals surface area contributed by atoms with E-state index in [1.54, 1.807) is 5.38 Å². The molecule has 96 valence electrons. The average molecular weight is 274 g/mol. The molecule has 1 heterocycles. The predicted molar refractivity (Wildman–Crippen MR) is 60.2 cm³/mol. The Balaban J connectivity index is 2.36. The molecule has 1 atom stereocenters. The number of rotatable bonds is 2. The van der Waals surface area contributed by atoms with Crippen molar-refractivity contribution in [1.29, 1.82) is 0 Å². The highest BCUT2D eigenvalue weighted by Gasteiger charge is 2.31. The third kappa shape index (κ3) is 2.51. The summed E-state index contributed by atoms with van der Waals surface area (Å²) >= 11 is 1.07. The lowest BCUT2D eigenvalue weighted by molar-refractivity contribution is -0.137. The average Bonchev–Trinajstić information content (AvgIpc) is 2.80. The summed E-state index contributed by atoms with van der Waals surface area (Å²) in [6.07, 6.45) is -5.43. The predicted octanol–water partition coefficient (Wildman–Crippen LogP) is 2.95. The molecule has 7 heteroatoms. The van der Waals surface area contributed by atoms with Gasteiger partial charge in [-0.2, -0.15) is 13.2 Å². The number of aliphatic hydroxyl groups excluding tert-OH is 1. The van der Waals surface area contributed by atoms with Gasteiger partial charge in [-0.15, -0.1) is 5.10 Å². The van der Waals surface area contributed by atoms with Crippen LogP contribution >= 0.6 is 11.5 Å². The van der Waals surface area contributed by atoms with Crippen LogP contribution in [0.3, 0.4) is 0 Å². The largest absolute Gasteiger partial charge is 0.416 e. The van der Waals surface area contributed by atoms with Crippen LogP contribution in [0.2, 0.25) is 0 Å². The molecule has 2 aromatic rings. The molecule has 1 aromatic carbocycles. The number of aromatic nitrogens is 2. The molecule has 0 amide bonds. The van der Waals surface area contributed by atoms with Crippen molar-refractivity contribution < 1.29 is 18.3 Å². The van der Waals surface area contributed by atoms with Crippen LogP contribution in [-0.4, -0.2) is 14.7 Å². The van der Waals surface area contributed by atoms with E-state index in [4.69, 9.17) is 0 Å². The van der Waals surface area contributed by atoms with Gasteiger partial charge in [0.1, 0.15) is 11.8 Å². The Kier molecular flexibility index (Phi) is 3.36. The summed E-state index contributed by atoms with van der Waals surface area (Å²) in [5.74, 6) is 0. The van der Waals surface area contributed by atoms with E-state index >= 15 is 0 Å². The SMILES string of the molecule is Cc1cc(C(F)(F)F)ccc1C(O)c1csnn1. The monoisotopic (exact) mass is 274 g/mol. The lowest BCUT2D eigenvalue weighted by Gasteiger charge is -2.14. The summed E-state index contributed by atoms with van der Waals surface area (Å²) in [7, 11) is 0. The van der Waals surface area contributed by atoms with Crippen molar-refractivity contribution >= 4 is 11.5 Å². The summed E-state index contributed by atoms with van der Waals surface area (Å²) in [6, 6.07) is 3.23. The molecule has 2 rings (SSSR count). The Bertz CT molecular complexity index is 540. The zero-order valence-corrected chi connectivity index (χ0v) is 10.1. The summed E-state index contributed by atoms with van der Waals surface area (Å²) in [6.45, 7) is 1.52. The zero-order valence-electron chi connectivity index (χ0n) is 9.27. The van der Waals surface area contributed by atoms with Crippen LogP contribution in [0, 0.1) is 6.92 Å². The minimum Gasteiger partial charge on any atom is -0.382 e. The summed E-state index contributed by atoms with van der Waals surface area (Å²) < 4.78 is 41.1. The lowest BCUT2D eigenvalue weighted by atomic mass is 9.99. The Hall–Kier alpha value is -1.47. The molecule has 0 saturated carbocycles. The highest BCUT2D eigenvalue weighted by molar-refractivity contribution is 7.03. The third-order valence-electron chi connectivity index (χ3n) is 2.55. The second kappa shape index (κ2) is 4.66. The van der Waals surface area contributed by atoms with Crippen molar-refractivity contribution in [2.24, 2.45) is 0 Å². The Morgan fingerprint density at radius 3 is 2.56 bits per heavy atom. The molecular weight excluding hydrogens is 265 g/mol. The first-order valence-electron chi connectivity index (χ1n) is 5.02. The number of aliphatic hydroxyl groups is 1. The number of hydrogen-bond donors (Lipinski definition) is 1. The molecule has 0 bridgehead atoms. The number of aryl methyl sites for hydroxylation is 1. The number of alkyl halides is 3. The van der Waals surface area contributed by atoms with Crippen molar-refractivity contribution in [2.75, 3.05) is 0 Å². The molecule has 18 heavy (non-hydrogen) atoms. The molecule has 1 unspecified atom stereocenters. The van der Waals surface area contributed by atoms with Gasteiger partial charge in [-0.1, -0.05) is 10.6 Å². The van der Waals surface area contributed by atoms with E-state index < -0.39 is 17.8 Å². The van der Waals surface area contributed by atoms with E-state index in [1.165, 1.54) is 13.0 Å². The maximum absolute atomic E-state index is 12.5. The van der Waals surface area contributed by atoms with Gasteiger partial charge < -0.3 is 5.11 Å². The van der Waals surface area contributed by atoms with E-state index in [0.29, 0.717) is 16.8 Å². The van der Waals surface area contributed by atoms with Gasteiger partial charge >= 0.3 is 6.18 Å². The molecule has 0 saturated heterocycles. The number of hydrogen-bond acceptors (Lipinski definition) is 4. The molecule has 0 fully saturated rings. The van der Waals surface area contributed by atoms with E-state index in [2.05, 4.69) is 9.59 Å². The fourth-order valence-electron chi connectivity index (χ4n) is 1.61. The van der Waals surface area contributed by atoms with Gasteiger partial charge in [-0.25, -0.2) is 0 Å². The van der Waals surface area contributed by atoms with Crippen molar-refractivity contribution in [3.8, 4) is 0 Å². The molecule has 3 nitrogen and oxygen atoms in total. The summed E-state index contributed by atoms with van der Waals surface area (Å²) in [5, 5.41) is 15.2. The van der Waals surface area contributed by atoms with Gasteiger partial charge in [0.25, 0.3) is 0 Å². The van der Waals surface area contributed by atoms with E-state index in [-0.39, 0.29) is 0 Å². The second-order valence-corrected chi connectivity index (χ2v) is 4.41. The molecule has 0 aliphatic carbocycles. The van der Waals surface area contributed by atoms with E-state index in [1.807, 2.05) is 0 Å². The van der Waals surface area contributed by atoms with Gasteiger partial charge in [0.15, 0.2) is 0 Å². The lowest BCUT2D eigenvalue weighted by Crippen LogP contribution is -2.08. The Labute approximate surface area is 105 Å². The van der Waals surface area contributed by atoms with Gasteiger partial charge in [-0.05, 0) is 41.7 Å². The standard InChI is InChI=1S/C11H9F3N2OS/c1-6-4-7(11(12,13)14)2-3-8(6)10(17)9-5-18-16-15-9/h2-5,10,17H,1H3. The topological polar surface area (TPSA) is 46.0 Å². The van der Waals surface area contributed by atoms with Crippen molar-refractivity contribution in [3.63, 3.8) is 0 Å². The number of benzene rings is 1. The summed E-state index contributed by atoms with van der Waals surface area (Å²) in [4.78, 5) is 0. The van der Waals surface area contributed by atoms with Crippen LogP contribution in [0.25, 0.3) is 0 Å². The van der Waals surface area contributed by atoms with Gasteiger partial charge in [0.05, 0.1) is 5.56 Å². The molecule has 1 N–H and O–H groups in total. The first kappa shape index (κ1) is 13.0. The third-order valence-corrected chi connectivity index (χ3v) is 3.07. The van der Waals surface area contributed by atoms with Gasteiger partial charge in [0, 0.05) is 5.38 Å². The molecule has 0 aliphatic heterocycles. The molecule has 1 aromatic heterocycles. The molecule has 0 radical (unpaired) electrons. The smallest absolute Gasteiger partial charge is 0.382 e. The van der Waals surface area contributed by atoms with E-state index in [9.17, 15) is 18.3 Å². The molecular formula is C11H9F3N2OS. The van der Waals surface area contributed by atoms with Gasteiger partial charge in [-0.3, -0.25) is 0 Å². The Morgan fingerprint density at radius 2 is 2.06 bits per heavy atom. The minimum atomic E-state index is -4.38. The Morgan fingerprint density at radius 1 is 1.33 bits per heavy atom. The number of nitrogens with zero attached hydrogens (tertiary/aromatic N) is 2.